The Morgan fingerprint density at radius 3 is 2.39 bits per heavy atom. The Hall–Kier alpha value is -2.54. The van der Waals surface area contributed by atoms with Gasteiger partial charge < -0.3 is 4.74 Å². The maximum Gasteiger partial charge on any atom is 0.337 e. The third-order valence-electron chi connectivity index (χ3n) is 4.98. The topological polar surface area (TPSA) is 46.6 Å². The molecule has 168 valence electrons. The van der Waals surface area contributed by atoms with Gasteiger partial charge in [-0.2, -0.15) is 0 Å². The Kier molecular flexibility index (Phi) is 8.92. The van der Waals surface area contributed by atoms with Crippen molar-refractivity contribution in [2.75, 3.05) is 11.4 Å². The molecule has 0 N–H and O–H groups in total. The van der Waals surface area contributed by atoms with Crippen LogP contribution in [-0.4, -0.2) is 23.2 Å². The van der Waals surface area contributed by atoms with E-state index in [1.165, 1.54) is 14.0 Å². The van der Waals surface area contributed by atoms with Gasteiger partial charge in [-0.1, -0.05) is 30.7 Å². The van der Waals surface area contributed by atoms with Crippen LogP contribution >= 0.6 is 0 Å². The first-order valence-corrected chi connectivity index (χ1v) is 11.3. The molecule has 0 amide bonds. The maximum atomic E-state index is 13.5. The first kappa shape index (κ1) is 24.7. The van der Waals surface area contributed by atoms with Crippen molar-refractivity contribution >= 4 is 22.6 Å². The molecular weight excluding hydrogens is 420 g/mol. The Morgan fingerprint density at radius 2 is 1.81 bits per heavy atom. The molecular formula is C24H29F2NO3S. The summed E-state index contributed by atoms with van der Waals surface area (Å²) in [5.41, 5.74) is 2.92. The molecule has 0 heterocycles. The Labute approximate surface area is 185 Å². The molecule has 0 aliphatic rings. The molecule has 0 aromatic heterocycles. The fourth-order valence-corrected chi connectivity index (χ4v) is 4.28. The summed E-state index contributed by atoms with van der Waals surface area (Å²) in [6, 6.07) is 13.9. The highest BCUT2D eigenvalue weighted by atomic mass is 32.2. The van der Waals surface area contributed by atoms with Gasteiger partial charge in [0, 0.05) is 19.0 Å². The minimum atomic E-state index is -2.65. The molecule has 0 bridgehead atoms. The lowest BCUT2D eigenvalue weighted by Crippen LogP contribution is -2.21. The zero-order chi connectivity index (χ0) is 23.0. The molecule has 4 nitrogen and oxygen atoms in total. The van der Waals surface area contributed by atoms with E-state index in [2.05, 4.69) is 0 Å². The molecule has 31 heavy (non-hydrogen) atoms. The van der Waals surface area contributed by atoms with Gasteiger partial charge in [-0.05, 0) is 62.6 Å². The fourth-order valence-electron chi connectivity index (χ4n) is 3.02. The van der Waals surface area contributed by atoms with Crippen molar-refractivity contribution in [3.05, 3.63) is 71.4 Å². The van der Waals surface area contributed by atoms with Crippen LogP contribution in [0.1, 0.15) is 55.5 Å². The van der Waals surface area contributed by atoms with E-state index in [1.807, 2.05) is 38.1 Å². The average molecular weight is 450 g/mol. The fraction of sp³-hybridized carbons (Fsp3) is 0.375. The summed E-state index contributed by atoms with van der Waals surface area (Å²) in [6.07, 6.45) is 2.26. The number of hydrogen-bond acceptors (Lipinski definition) is 3. The van der Waals surface area contributed by atoms with Crippen molar-refractivity contribution in [3.8, 4) is 0 Å². The molecule has 7 heteroatoms. The largest absolute Gasteiger partial charge is 0.465 e. The highest BCUT2D eigenvalue weighted by molar-refractivity contribution is 7.86. The van der Waals surface area contributed by atoms with Gasteiger partial charge in [0.05, 0.1) is 23.3 Å². The number of carbonyl (C=O) groups is 1. The van der Waals surface area contributed by atoms with Crippen LogP contribution in [0.4, 0.5) is 14.5 Å². The van der Waals surface area contributed by atoms with Gasteiger partial charge in [0.2, 0.25) is 5.92 Å². The average Bonchev–Trinajstić information content (AvgIpc) is 2.77. The van der Waals surface area contributed by atoms with Crippen molar-refractivity contribution in [2.24, 2.45) is 0 Å². The number of esters is 1. The van der Waals surface area contributed by atoms with Crippen LogP contribution < -0.4 is 4.31 Å². The van der Waals surface area contributed by atoms with Gasteiger partial charge in [0.15, 0.2) is 11.0 Å². The molecule has 0 aliphatic carbocycles. The van der Waals surface area contributed by atoms with E-state index in [1.54, 1.807) is 34.8 Å². The number of benzene rings is 2. The monoisotopic (exact) mass is 449 g/mol. The molecule has 0 saturated carbocycles. The number of allylic oxidation sites excluding steroid dienone is 1. The van der Waals surface area contributed by atoms with Gasteiger partial charge in [0.1, 0.15) is 0 Å². The Balaban J connectivity index is 2.30. The molecule has 0 spiro atoms. The molecule has 2 rings (SSSR count). The van der Waals surface area contributed by atoms with E-state index < -0.39 is 22.9 Å². The van der Waals surface area contributed by atoms with Crippen LogP contribution in [0.25, 0.3) is 0 Å². The zero-order valence-electron chi connectivity index (χ0n) is 18.4. The summed E-state index contributed by atoms with van der Waals surface area (Å²) >= 11 is 0. The van der Waals surface area contributed by atoms with Crippen LogP contribution in [-0.2, 0) is 15.7 Å². The Morgan fingerprint density at radius 1 is 1.16 bits per heavy atom. The second kappa shape index (κ2) is 11.2. The predicted octanol–water partition coefficient (Wildman–Crippen LogP) is 6.43. The number of carbonyl (C=O) groups excluding carboxylic acids is 1. The number of rotatable bonds is 10. The summed E-state index contributed by atoms with van der Waals surface area (Å²) in [7, 11) is -0.290. The summed E-state index contributed by atoms with van der Waals surface area (Å²) in [5.74, 6) is -3.12. The minimum absolute atomic E-state index is 0.170. The standard InChI is InChI=1S/C24H29F2NO3S/c1-5-24(25,26)16-8-9-18(2)17-27(22-11-7-6-10-19(22)3)31(29)21-14-12-20(13-15-21)23(28)30-4/h6-7,10-15,17H,5,8-9,16H2,1-4H3/b18-17+. The second-order valence-electron chi connectivity index (χ2n) is 7.42. The van der Waals surface area contributed by atoms with E-state index in [0.717, 1.165) is 16.8 Å². The molecule has 0 aliphatic heterocycles. The number of para-hydroxylation sites is 1. The van der Waals surface area contributed by atoms with Crippen LogP contribution in [0.15, 0.2) is 65.2 Å². The third kappa shape index (κ3) is 6.99. The van der Waals surface area contributed by atoms with Gasteiger partial charge in [-0.3, -0.25) is 4.31 Å². The Bertz CT molecular complexity index is 942. The first-order chi connectivity index (χ1) is 14.7. The molecule has 1 atom stereocenters. The number of methoxy groups -OCH3 is 1. The number of aryl methyl sites for hydroxylation is 1. The summed E-state index contributed by atoms with van der Waals surface area (Å²) in [4.78, 5) is 12.2. The normalized spacial score (nSPS) is 13.0. The number of nitrogens with zero attached hydrogens (tertiary/aromatic N) is 1. The van der Waals surface area contributed by atoms with Crippen molar-refractivity contribution < 1.29 is 22.5 Å². The zero-order valence-corrected chi connectivity index (χ0v) is 19.2. The first-order valence-electron chi connectivity index (χ1n) is 10.2. The quantitative estimate of drug-likeness (QED) is 0.393. The summed E-state index contributed by atoms with van der Waals surface area (Å²) < 4.78 is 46.8. The number of ether oxygens (including phenoxy) is 1. The van der Waals surface area contributed by atoms with E-state index in [-0.39, 0.29) is 12.8 Å². The van der Waals surface area contributed by atoms with E-state index in [0.29, 0.717) is 23.3 Å². The summed E-state index contributed by atoms with van der Waals surface area (Å²) in [5, 5.41) is 0. The predicted molar refractivity (Wildman–Crippen MR) is 121 cm³/mol. The lowest BCUT2D eigenvalue weighted by atomic mass is 10.1. The number of halogens is 2. The third-order valence-corrected chi connectivity index (χ3v) is 6.31. The van der Waals surface area contributed by atoms with Gasteiger partial charge >= 0.3 is 5.97 Å². The van der Waals surface area contributed by atoms with Crippen molar-refractivity contribution in [2.45, 2.75) is 57.3 Å². The summed E-state index contributed by atoms with van der Waals surface area (Å²) in [6.45, 7) is 5.26. The lowest BCUT2D eigenvalue weighted by Gasteiger charge is -2.23. The molecule has 1 unspecified atom stereocenters. The van der Waals surface area contributed by atoms with E-state index in [4.69, 9.17) is 4.74 Å². The molecule has 2 aromatic rings. The van der Waals surface area contributed by atoms with Gasteiger partial charge in [-0.25, -0.2) is 17.8 Å². The van der Waals surface area contributed by atoms with Gasteiger partial charge in [-0.15, -0.1) is 0 Å². The highest BCUT2D eigenvalue weighted by Crippen LogP contribution is 2.28. The van der Waals surface area contributed by atoms with Gasteiger partial charge in [0.25, 0.3) is 0 Å². The van der Waals surface area contributed by atoms with Crippen molar-refractivity contribution in [1.29, 1.82) is 0 Å². The smallest absolute Gasteiger partial charge is 0.337 e. The van der Waals surface area contributed by atoms with Crippen LogP contribution in [0.3, 0.4) is 0 Å². The molecule has 0 radical (unpaired) electrons. The maximum absolute atomic E-state index is 13.5. The van der Waals surface area contributed by atoms with Crippen LogP contribution in [0, 0.1) is 6.92 Å². The van der Waals surface area contributed by atoms with E-state index in [9.17, 15) is 17.8 Å². The second-order valence-corrected chi connectivity index (χ2v) is 8.78. The number of hydrogen-bond donors (Lipinski definition) is 0. The molecule has 2 aromatic carbocycles. The van der Waals surface area contributed by atoms with Crippen LogP contribution in [0.2, 0.25) is 0 Å². The molecule has 0 fully saturated rings. The molecule has 0 saturated heterocycles. The van der Waals surface area contributed by atoms with E-state index >= 15 is 0 Å². The SMILES string of the molecule is CCC(F)(F)CCC/C(C)=C/N(c1ccccc1C)S(=O)c1ccc(C(=O)OC)cc1. The lowest BCUT2D eigenvalue weighted by molar-refractivity contribution is -0.0130. The number of alkyl halides is 2. The number of anilines is 1. The minimum Gasteiger partial charge on any atom is -0.465 e. The van der Waals surface area contributed by atoms with Crippen molar-refractivity contribution in [1.82, 2.24) is 0 Å². The van der Waals surface area contributed by atoms with Crippen LogP contribution in [0.5, 0.6) is 0 Å². The van der Waals surface area contributed by atoms with Crippen molar-refractivity contribution in [3.63, 3.8) is 0 Å². The highest BCUT2D eigenvalue weighted by Gasteiger charge is 2.25.